The van der Waals surface area contributed by atoms with E-state index >= 15 is 0 Å². The van der Waals surface area contributed by atoms with Crippen molar-refractivity contribution in [1.29, 1.82) is 0 Å². The third-order valence-corrected chi connectivity index (χ3v) is 6.86. The van der Waals surface area contributed by atoms with E-state index in [1.165, 1.54) is 19.3 Å². The van der Waals surface area contributed by atoms with Crippen molar-refractivity contribution in [3.05, 3.63) is 29.3 Å². The van der Waals surface area contributed by atoms with Crippen LogP contribution >= 0.6 is 0 Å². The molecule has 148 valence electrons. The summed E-state index contributed by atoms with van der Waals surface area (Å²) >= 11 is 0. The highest BCUT2D eigenvalue weighted by Gasteiger charge is 2.42. The summed E-state index contributed by atoms with van der Waals surface area (Å²) < 4.78 is 0. The number of rotatable bonds is 3. The van der Waals surface area contributed by atoms with Gasteiger partial charge < -0.3 is 15.1 Å². The molecule has 0 aromatic heterocycles. The zero-order chi connectivity index (χ0) is 19.3. The normalized spacial score (nSPS) is 28.2. The highest BCUT2D eigenvalue weighted by molar-refractivity contribution is 6.06. The third-order valence-electron chi connectivity index (χ3n) is 6.86. The zero-order valence-electron chi connectivity index (χ0n) is 15.9. The quantitative estimate of drug-likeness (QED) is 0.763. The van der Waals surface area contributed by atoms with E-state index in [2.05, 4.69) is 21.6 Å². The Morgan fingerprint density at radius 3 is 2.50 bits per heavy atom. The smallest absolute Gasteiger partial charge is 0.255 e. The van der Waals surface area contributed by atoms with Gasteiger partial charge in [0.15, 0.2) is 0 Å². The van der Waals surface area contributed by atoms with Crippen LogP contribution in [0.3, 0.4) is 0 Å². The number of carbonyl (C=O) groups excluding carboxylic acids is 3. The average Bonchev–Trinajstić information content (AvgIpc) is 3.00. The Balaban J connectivity index is 1.39. The molecule has 4 aliphatic rings. The largest absolute Gasteiger partial charge is 0.368 e. The van der Waals surface area contributed by atoms with Crippen molar-refractivity contribution in [1.82, 2.24) is 15.5 Å². The minimum Gasteiger partial charge on any atom is -0.368 e. The first-order valence-electron chi connectivity index (χ1n) is 10.4. The van der Waals surface area contributed by atoms with Gasteiger partial charge in [0.05, 0.1) is 0 Å². The molecule has 1 aromatic rings. The number of nitrogens with zero attached hydrogens (tertiary/aromatic N) is 2. The Labute approximate surface area is 164 Å². The molecule has 4 heterocycles. The number of fused-ring (bicyclic) bond motifs is 1. The Kier molecular flexibility index (Phi) is 4.34. The minimum atomic E-state index is -0.554. The molecule has 1 aromatic carbocycles. The molecule has 2 atom stereocenters. The highest BCUT2D eigenvalue weighted by atomic mass is 16.2. The van der Waals surface area contributed by atoms with Gasteiger partial charge in [-0.1, -0.05) is 6.07 Å². The summed E-state index contributed by atoms with van der Waals surface area (Å²) in [4.78, 5) is 40.9. The number of hydrogen-bond donors (Lipinski definition) is 2. The Hall–Kier alpha value is -2.41. The number of amides is 3. The maximum atomic E-state index is 13.0. The van der Waals surface area contributed by atoms with Crippen molar-refractivity contribution < 1.29 is 14.4 Å². The Morgan fingerprint density at radius 1 is 0.964 bits per heavy atom. The number of benzene rings is 1. The number of nitrogens with one attached hydrogen (secondary N) is 2. The van der Waals surface area contributed by atoms with Crippen molar-refractivity contribution in [3.8, 4) is 0 Å². The van der Waals surface area contributed by atoms with E-state index in [0.717, 1.165) is 30.9 Å². The SMILES string of the molecule is O=C1CC[C@@H](N2Cc3c(cccc3N3CC[C@H]3C3CCNCC3)C2=O)C(=O)N1. The van der Waals surface area contributed by atoms with Crippen LogP contribution in [-0.4, -0.2) is 54.3 Å². The summed E-state index contributed by atoms with van der Waals surface area (Å²) in [7, 11) is 0. The second kappa shape index (κ2) is 6.88. The lowest BCUT2D eigenvalue weighted by Crippen LogP contribution is -2.54. The molecular weight excluding hydrogens is 356 g/mol. The molecule has 3 fully saturated rings. The van der Waals surface area contributed by atoms with Gasteiger partial charge in [-0.05, 0) is 56.8 Å². The summed E-state index contributed by atoms with van der Waals surface area (Å²) in [5, 5.41) is 5.81. The van der Waals surface area contributed by atoms with Gasteiger partial charge in [-0.3, -0.25) is 19.7 Å². The fraction of sp³-hybridized carbons (Fsp3) is 0.571. The topological polar surface area (TPSA) is 81.8 Å². The molecule has 0 unspecified atom stereocenters. The van der Waals surface area contributed by atoms with Gasteiger partial charge in [-0.25, -0.2) is 0 Å². The van der Waals surface area contributed by atoms with E-state index in [0.29, 0.717) is 30.5 Å². The summed E-state index contributed by atoms with van der Waals surface area (Å²) in [5.41, 5.74) is 2.89. The first-order valence-corrected chi connectivity index (χ1v) is 10.4. The van der Waals surface area contributed by atoms with Crippen LogP contribution in [0.5, 0.6) is 0 Å². The summed E-state index contributed by atoms with van der Waals surface area (Å²) in [5.74, 6) is 0.00599. The first kappa shape index (κ1) is 17.7. The van der Waals surface area contributed by atoms with Crippen LogP contribution in [0.25, 0.3) is 0 Å². The van der Waals surface area contributed by atoms with Gasteiger partial charge in [0.1, 0.15) is 6.04 Å². The number of piperidine rings is 2. The van der Waals surface area contributed by atoms with Gasteiger partial charge in [0.2, 0.25) is 11.8 Å². The fourth-order valence-corrected chi connectivity index (χ4v) is 5.26. The lowest BCUT2D eigenvalue weighted by atomic mass is 9.82. The maximum Gasteiger partial charge on any atom is 0.255 e. The number of anilines is 1. The molecule has 0 saturated carbocycles. The fourth-order valence-electron chi connectivity index (χ4n) is 5.26. The molecular formula is C21H26N4O3. The van der Waals surface area contributed by atoms with Crippen molar-refractivity contribution in [2.75, 3.05) is 24.5 Å². The van der Waals surface area contributed by atoms with Crippen molar-refractivity contribution in [2.24, 2.45) is 5.92 Å². The standard InChI is InChI=1S/C21H26N4O3/c26-19-5-4-18(20(27)23-19)25-12-15-14(21(25)28)2-1-3-17(15)24-11-8-16(24)13-6-9-22-10-7-13/h1-3,13,16,18,22H,4-12H2,(H,23,26,27)/t16-,18+/m0/s1. The van der Waals surface area contributed by atoms with Crippen LogP contribution < -0.4 is 15.5 Å². The van der Waals surface area contributed by atoms with Gasteiger partial charge in [0.25, 0.3) is 5.91 Å². The number of imide groups is 1. The molecule has 0 spiro atoms. The second-order valence-electron chi connectivity index (χ2n) is 8.34. The van der Waals surface area contributed by atoms with Gasteiger partial charge >= 0.3 is 0 Å². The Bertz CT molecular complexity index is 833. The Morgan fingerprint density at radius 2 is 1.79 bits per heavy atom. The predicted octanol–water partition coefficient (Wildman–Crippen LogP) is 1.03. The van der Waals surface area contributed by atoms with E-state index < -0.39 is 6.04 Å². The van der Waals surface area contributed by atoms with Crippen molar-refractivity contribution >= 4 is 23.4 Å². The molecule has 4 aliphatic heterocycles. The monoisotopic (exact) mass is 382 g/mol. The summed E-state index contributed by atoms with van der Waals surface area (Å²) in [6.07, 6.45) is 4.31. The van der Waals surface area contributed by atoms with Gasteiger partial charge in [-0.15, -0.1) is 0 Å². The molecule has 0 radical (unpaired) electrons. The minimum absolute atomic E-state index is 0.0923. The molecule has 7 nitrogen and oxygen atoms in total. The van der Waals surface area contributed by atoms with Crippen LogP contribution in [0.2, 0.25) is 0 Å². The van der Waals surface area contributed by atoms with Gasteiger partial charge in [-0.2, -0.15) is 0 Å². The zero-order valence-corrected chi connectivity index (χ0v) is 15.9. The molecule has 0 aliphatic carbocycles. The average molecular weight is 382 g/mol. The predicted molar refractivity (Wildman–Crippen MR) is 104 cm³/mol. The maximum absolute atomic E-state index is 13.0. The number of hydrogen-bond acceptors (Lipinski definition) is 5. The molecule has 7 heteroatoms. The van der Waals surface area contributed by atoms with Crippen molar-refractivity contribution in [2.45, 2.75) is 50.7 Å². The number of carbonyl (C=O) groups is 3. The van der Waals surface area contributed by atoms with Crippen LogP contribution in [0.15, 0.2) is 18.2 Å². The summed E-state index contributed by atoms with van der Waals surface area (Å²) in [6.45, 7) is 3.65. The second-order valence-corrected chi connectivity index (χ2v) is 8.34. The van der Waals surface area contributed by atoms with Crippen LogP contribution in [-0.2, 0) is 16.1 Å². The molecule has 3 amide bonds. The molecule has 0 bridgehead atoms. The molecule has 5 rings (SSSR count). The van der Waals surface area contributed by atoms with E-state index in [9.17, 15) is 14.4 Å². The molecule has 28 heavy (non-hydrogen) atoms. The van der Waals surface area contributed by atoms with Crippen LogP contribution in [0.1, 0.15) is 48.0 Å². The lowest BCUT2D eigenvalue weighted by Gasteiger charge is -2.49. The lowest BCUT2D eigenvalue weighted by molar-refractivity contribution is -0.136. The van der Waals surface area contributed by atoms with E-state index in [1.807, 2.05) is 12.1 Å². The van der Waals surface area contributed by atoms with Crippen LogP contribution in [0, 0.1) is 5.92 Å². The highest BCUT2D eigenvalue weighted by Crippen LogP contribution is 2.40. The third kappa shape index (κ3) is 2.80. The van der Waals surface area contributed by atoms with Crippen molar-refractivity contribution in [3.63, 3.8) is 0 Å². The summed E-state index contributed by atoms with van der Waals surface area (Å²) in [6, 6.07) is 5.94. The van der Waals surface area contributed by atoms with Crippen LogP contribution in [0.4, 0.5) is 5.69 Å². The molecule has 2 N–H and O–H groups in total. The first-order chi connectivity index (χ1) is 13.6. The van der Waals surface area contributed by atoms with E-state index in [1.54, 1.807) is 4.90 Å². The van der Waals surface area contributed by atoms with E-state index in [4.69, 9.17) is 0 Å². The van der Waals surface area contributed by atoms with Gasteiger partial charge in [0, 0.05) is 42.4 Å². The van der Waals surface area contributed by atoms with E-state index in [-0.39, 0.29) is 24.1 Å². The molecule has 3 saturated heterocycles.